The Kier molecular flexibility index (Phi) is 6.06. The lowest BCUT2D eigenvalue weighted by molar-refractivity contribution is -0.346. The quantitative estimate of drug-likeness (QED) is 0.524. The molecule has 0 rings (SSSR count). The zero-order valence-electron chi connectivity index (χ0n) is 10.6. The normalized spacial score (nSPS) is 17.8. The van der Waals surface area contributed by atoms with Crippen molar-refractivity contribution < 1.29 is 57.1 Å². The number of allylic oxidation sites excluding steroid dienone is 1. The van der Waals surface area contributed by atoms with Crippen molar-refractivity contribution in [1.29, 1.82) is 0 Å². The van der Waals surface area contributed by atoms with E-state index in [0.717, 1.165) is 0 Å². The lowest BCUT2D eigenvalue weighted by Gasteiger charge is -2.34. The average Bonchev–Trinajstić information content (AvgIpc) is 2.32. The van der Waals surface area contributed by atoms with Gasteiger partial charge in [0.05, 0.1) is 6.33 Å². The topological polar surface area (TPSA) is 0 Å². The summed E-state index contributed by atoms with van der Waals surface area (Å²) in [6, 6.07) is 0. The van der Waals surface area contributed by atoms with Crippen LogP contribution in [0.15, 0.2) is 12.4 Å². The van der Waals surface area contributed by atoms with E-state index in [4.69, 9.17) is 0 Å². The largest absolute Gasteiger partial charge is 0.431 e. The lowest BCUT2D eigenvalue weighted by Crippen LogP contribution is -2.55. The molecule has 138 valence electrons. The van der Waals surface area contributed by atoms with Crippen LogP contribution in [0.1, 0.15) is 12.8 Å². The third-order valence-electron chi connectivity index (χ3n) is 2.87. The number of halogens is 13. The summed E-state index contributed by atoms with van der Waals surface area (Å²) in [6.45, 7) is 0. The van der Waals surface area contributed by atoms with Crippen LogP contribution >= 0.6 is 0 Å². The molecule has 1 atom stereocenters. The van der Waals surface area contributed by atoms with Crippen molar-refractivity contribution in [3.63, 3.8) is 0 Å². The van der Waals surface area contributed by atoms with Crippen LogP contribution in [0.25, 0.3) is 0 Å². The molecule has 23 heavy (non-hydrogen) atoms. The highest BCUT2D eigenvalue weighted by molar-refractivity contribution is 5.10. The monoisotopic (exact) mass is 374 g/mol. The molecule has 0 aromatic heterocycles. The molecule has 0 bridgehead atoms. The molecule has 1 unspecified atom stereocenters. The Morgan fingerprint density at radius 2 is 1.09 bits per heavy atom. The van der Waals surface area contributed by atoms with Gasteiger partial charge in [-0.15, -0.1) is 0 Å². The summed E-state index contributed by atoms with van der Waals surface area (Å²) in [5.41, 5.74) is -11.4. The Bertz CT molecular complexity index is 403. The van der Waals surface area contributed by atoms with E-state index in [1.54, 1.807) is 0 Å². The minimum atomic E-state index is -6.71. The maximum absolute atomic E-state index is 13.3. The molecule has 0 amide bonds. The van der Waals surface area contributed by atoms with Crippen LogP contribution in [0.5, 0.6) is 0 Å². The van der Waals surface area contributed by atoms with E-state index in [2.05, 4.69) is 0 Å². The van der Waals surface area contributed by atoms with Gasteiger partial charge in [-0.3, -0.25) is 0 Å². The van der Waals surface area contributed by atoms with Crippen molar-refractivity contribution in [2.24, 2.45) is 0 Å². The molecule has 0 aliphatic rings. The molecule has 0 nitrogen and oxygen atoms in total. The maximum Gasteiger partial charge on any atom is 0.431 e. The Morgan fingerprint density at radius 1 is 0.696 bits per heavy atom. The van der Waals surface area contributed by atoms with Gasteiger partial charge in [-0.2, -0.15) is 26.3 Å². The standard InChI is InChI=1S/C10H7F13/c11-4-3-6(14,5(12)13)8(16,17)2-1-7(15,9(18,19)20)10(21,22)23/h3-5H,1-2H2. The molecule has 0 spiro atoms. The summed E-state index contributed by atoms with van der Waals surface area (Å²) >= 11 is 0. The van der Waals surface area contributed by atoms with Crippen molar-refractivity contribution in [2.75, 3.05) is 0 Å². The average molecular weight is 374 g/mol. The summed E-state index contributed by atoms with van der Waals surface area (Å²) in [5, 5.41) is 0. The smallest absolute Gasteiger partial charge is 0.226 e. The van der Waals surface area contributed by atoms with Crippen LogP contribution in [0.4, 0.5) is 57.1 Å². The van der Waals surface area contributed by atoms with Gasteiger partial charge in [-0.25, -0.2) is 30.7 Å². The van der Waals surface area contributed by atoms with Crippen LogP contribution in [0.2, 0.25) is 0 Å². The molecule has 0 heterocycles. The Hall–Kier alpha value is -1.17. The van der Waals surface area contributed by atoms with Gasteiger partial charge in [0.15, 0.2) is 0 Å². The van der Waals surface area contributed by atoms with E-state index in [0.29, 0.717) is 0 Å². The summed E-state index contributed by atoms with van der Waals surface area (Å²) in [6.07, 6.45) is -26.3. The first-order valence-electron chi connectivity index (χ1n) is 5.41. The molecule has 0 radical (unpaired) electrons. The number of alkyl halides is 12. The first kappa shape index (κ1) is 21.8. The minimum absolute atomic E-state index is 1.07. The third-order valence-corrected chi connectivity index (χ3v) is 2.87. The van der Waals surface area contributed by atoms with Crippen molar-refractivity contribution in [3.8, 4) is 0 Å². The van der Waals surface area contributed by atoms with Crippen molar-refractivity contribution in [2.45, 2.75) is 48.9 Å². The van der Waals surface area contributed by atoms with Crippen molar-refractivity contribution >= 4 is 0 Å². The number of rotatable bonds is 6. The zero-order valence-corrected chi connectivity index (χ0v) is 10.6. The van der Waals surface area contributed by atoms with Gasteiger partial charge in [0.2, 0.25) is 0 Å². The van der Waals surface area contributed by atoms with E-state index < -0.39 is 61.3 Å². The number of hydrogen-bond acceptors (Lipinski definition) is 0. The molecule has 0 aromatic rings. The third kappa shape index (κ3) is 4.03. The zero-order chi connectivity index (χ0) is 18.9. The van der Waals surface area contributed by atoms with E-state index in [1.807, 2.05) is 0 Å². The van der Waals surface area contributed by atoms with Crippen LogP contribution in [-0.2, 0) is 0 Å². The van der Waals surface area contributed by atoms with Gasteiger partial charge in [0.25, 0.3) is 23.7 Å². The maximum atomic E-state index is 13.3. The Morgan fingerprint density at radius 3 is 1.35 bits per heavy atom. The van der Waals surface area contributed by atoms with E-state index in [9.17, 15) is 57.1 Å². The molecule has 0 aromatic carbocycles. The van der Waals surface area contributed by atoms with Gasteiger partial charge >= 0.3 is 12.4 Å². The van der Waals surface area contributed by atoms with Crippen LogP contribution < -0.4 is 0 Å². The molecule has 0 fully saturated rings. The lowest BCUT2D eigenvalue weighted by atomic mass is 9.88. The summed E-state index contributed by atoms with van der Waals surface area (Å²) < 4.78 is 162. The highest BCUT2D eigenvalue weighted by atomic mass is 19.4. The summed E-state index contributed by atoms with van der Waals surface area (Å²) in [4.78, 5) is 0. The van der Waals surface area contributed by atoms with Gasteiger partial charge in [0.1, 0.15) is 0 Å². The molecule has 0 saturated heterocycles. The molecular formula is C10H7F13. The molecule has 0 aliphatic carbocycles. The van der Waals surface area contributed by atoms with Gasteiger partial charge in [0, 0.05) is 12.8 Å². The Balaban J connectivity index is 5.63. The van der Waals surface area contributed by atoms with E-state index in [-0.39, 0.29) is 0 Å². The van der Waals surface area contributed by atoms with Crippen molar-refractivity contribution in [1.82, 2.24) is 0 Å². The summed E-state index contributed by atoms with van der Waals surface area (Å²) in [7, 11) is 0. The predicted octanol–water partition coefficient (Wildman–Crippen LogP) is 5.69. The fraction of sp³-hybridized carbons (Fsp3) is 0.800. The van der Waals surface area contributed by atoms with E-state index in [1.165, 1.54) is 0 Å². The molecule has 0 saturated carbocycles. The Labute approximate surface area is 119 Å². The number of hydrogen-bond donors (Lipinski definition) is 0. The minimum Gasteiger partial charge on any atom is -0.226 e. The second kappa shape index (κ2) is 6.38. The van der Waals surface area contributed by atoms with Gasteiger partial charge in [-0.1, -0.05) is 0 Å². The van der Waals surface area contributed by atoms with Crippen LogP contribution in [-0.4, -0.2) is 36.0 Å². The molecular weight excluding hydrogens is 367 g/mol. The highest BCUT2D eigenvalue weighted by Gasteiger charge is 2.73. The first-order valence-corrected chi connectivity index (χ1v) is 5.41. The second-order valence-electron chi connectivity index (χ2n) is 4.36. The van der Waals surface area contributed by atoms with Crippen molar-refractivity contribution in [3.05, 3.63) is 12.4 Å². The predicted molar refractivity (Wildman–Crippen MR) is 50.2 cm³/mol. The van der Waals surface area contributed by atoms with Gasteiger partial charge in [-0.05, 0) is 6.08 Å². The SMILES string of the molecule is FC=CC(F)(C(F)F)C(F)(F)CCC(F)(C(F)(F)F)C(F)(F)F. The van der Waals surface area contributed by atoms with Gasteiger partial charge < -0.3 is 0 Å². The van der Waals surface area contributed by atoms with Crippen LogP contribution in [0, 0.1) is 0 Å². The molecule has 0 aliphatic heterocycles. The van der Waals surface area contributed by atoms with Crippen LogP contribution in [0.3, 0.4) is 0 Å². The fourth-order valence-corrected chi connectivity index (χ4v) is 1.41. The highest BCUT2D eigenvalue weighted by Crippen LogP contribution is 2.52. The fourth-order valence-electron chi connectivity index (χ4n) is 1.41. The summed E-state index contributed by atoms with van der Waals surface area (Å²) in [5.74, 6) is -5.61. The molecule has 13 heteroatoms. The van der Waals surface area contributed by atoms with E-state index >= 15 is 0 Å². The second-order valence-corrected chi connectivity index (χ2v) is 4.36. The molecule has 0 N–H and O–H groups in total. The first-order chi connectivity index (χ1) is 9.96.